The Bertz CT molecular complexity index is 1130. The largest absolute Gasteiger partial charge is 0.493 e. The number of nitrogens with one attached hydrogen (secondary N) is 1. The van der Waals surface area contributed by atoms with Crippen LogP contribution in [-0.4, -0.2) is 37.5 Å². The Morgan fingerprint density at radius 1 is 1.00 bits per heavy atom. The van der Waals surface area contributed by atoms with Gasteiger partial charge in [-0.05, 0) is 42.0 Å². The molecule has 3 aromatic rings. The number of nitrogens with zero attached hydrogens (tertiary/aromatic N) is 1. The summed E-state index contributed by atoms with van der Waals surface area (Å²) in [7, 11) is 3.04. The van der Waals surface area contributed by atoms with Crippen LogP contribution in [0.4, 0.5) is 5.69 Å². The number of hydrogen-bond donors (Lipinski definition) is 1. The summed E-state index contributed by atoms with van der Waals surface area (Å²) in [4.78, 5) is 27.9. The van der Waals surface area contributed by atoms with Gasteiger partial charge in [-0.3, -0.25) is 9.59 Å². The quantitative estimate of drug-likeness (QED) is 0.652. The van der Waals surface area contributed by atoms with Gasteiger partial charge in [0, 0.05) is 21.8 Å². The maximum absolute atomic E-state index is 13.7. The zero-order chi connectivity index (χ0) is 22.0. The molecule has 1 atom stereocenters. The highest BCUT2D eigenvalue weighted by atomic mass is 35.5. The van der Waals surface area contributed by atoms with Gasteiger partial charge in [-0.25, -0.2) is 0 Å². The number of anilines is 1. The van der Waals surface area contributed by atoms with Crippen molar-refractivity contribution in [3.8, 4) is 11.5 Å². The van der Waals surface area contributed by atoms with Crippen LogP contribution in [0, 0.1) is 0 Å². The molecule has 3 aromatic carbocycles. The number of methoxy groups -OCH3 is 2. The Kier molecular flexibility index (Phi) is 5.82. The van der Waals surface area contributed by atoms with Crippen molar-refractivity contribution in [3.05, 3.63) is 88.4 Å². The first kappa shape index (κ1) is 20.8. The number of benzene rings is 3. The normalized spacial score (nSPS) is 15.5. The van der Waals surface area contributed by atoms with Crippen molar-refractivity contribution in [1.82, 2.24) is 4.90 Å². The highest BCUT2D eigenvalue weighted by molar-refractivity contribution is 6.30. The van der Waals surface area contributed by atoms with Gasteiger partial charge in [0.1, 0.15) is 6.54 Å². The van der Waals surface area contributed by atoms with E-state index < -0.39 is 6.04 Å². The second-order valence-electron chi connectivity index (χ2n) is 7.10. The maximum Gasteiger partial charge on any atom is 0.255 e. The van der Waals surface area contributed by atoms with Gasteiger partial charge in [0.15, 0.2) is 11.5 Å². The molecule has 6 nitrogen and oxygen atoms in total. The second-order valence-corrected chi connectivity index (χ2v) is 7.53. The fourth-order valence-corrected chi connectivity index (χ4v) is 3.98. The first-order chi connectivity index (χ1) is 15.0. The number of rotatable bonds is 4. The van der Waals surface area contributed by atoms with Crippen molar-refractivity contribution >= 4 is 29.1 Å². The lowest BCUT2D eigenvalue weighted by atomic mass is 9.95. The minimum absolute atomic E-state index is 0.112. The summed E-state index contributed by atoms with van der Waals surface area (Å²) in [6.07, 6.45) is 0. The van der Waals surface area contributed by atoms with E-state index >= 15 is 0 Å². The Hall–Kier alpha value is -3.51. The van der Waals surface area contributed by atoms with Gasteiger partial charge < -0.3 is 19.7 Å². The number of carbonyl (C=O) groups is 2. The molecule has 158 valence electrons. The molecule has 0 saturated heterocycles. The highest BCUT2D eigenvalue weighted by Gasteiger charge is 2.34. The minimum Gasteiger partial charge on any atom is -0.493 e. The molecule has 31 heavy (non-hydrogen) atoms. The molecule has 0 fully saturated rings. The first-order valence-electron chi connectivity index (χ1n) is 9.69. The average Bonchev–Trinajstić information content (AvgIpc) is 2.94. The van der Waals surface area contributed by atoms with Crippen molar-refractivity contribution < 1.29 is 19.1 Å². The van der Waals surface area contributed by atoms with Gasteiger partial charge in [-0.2, -0.15) is 0 Å². The standard InChI is InChI=1S/C24H21ClN2O4/c1-30-20-11-8-16(12-21(20)31-2)24(29)27-14-22(28)26-19-10-9-17(25)13-18(19)23(27)15-6-4-3-5-7-15/h3-13,23H,14H2,1-2H3,(H,26,28)/t23-/m0/s1. The SMILES string of the molecule is COc1ccc(C(=O)N2CC(=O)Nc3ccc(Cl)cc3[C@@H]2c2ccccc2)cc1OC. The van der Waals surface area contributed by atoms with E-state index in [0.29, 0.717) is 27.8 Å². The molecule has 0 radical (unpaired) electrons. The summed E-state index contributed by atoms with van der Waals surface area (Å²) in [5, 5.41) is 3.41. The number of amides is 2. The lowest BCUT2D eigenvalue weighted by molar-refractivity contribution is -0.117. The van der Waals surface area contributed by atoms with Gasteiger partial charge in [0.05, 0.1) is 20.3 Å². The Balaban J connectivity index is 1.86. The van der Waals surface area contributed by atoms with E-state index in [1.54, 1.807) is 41.3 Å². The van der Waals surface area contributed by atoms with Crippen LogP contribution in [0.5, 0.6) is 11.5 Å². The highest BCUT2D eigenvalue weighted by Crippen LogP contribution is 2.38. The Morgan fingerprint density at radius 2 is 1.74 bits per heavy atom. The molecular formula is C24H21ClN2O4. The summed E-state index contributed by atoms with van der Waals surface area (Å²) >= 11 is 6.29. The molecule has 0 aromatic heterocycles. The lowest BCUT2D eigenvalue weighted by Gasteiger charge is -2.31. The molecular weight excluding hydrogens is 416 g/mol. The molecule has 0 unspecified atom stereocenters. The van der Waals surface area contributed by atoms with E-state index in [0.717, 1.165) is 11.1 Å². The predicted octanol–water partition coefficient (Wildman–Crippen LogP) is 4.54. The molecule has 0 bridgehead atoms. The summed E-state index contributed by atoms with van der Waals surface area (Å²) in [5.74, 6) is 0.366. The fraction of sp³-hybridized carbons (Fsp3) is 0.167. The van der Waals surface area contributed by atoms with E-state index in [1.165, 1.54) is 14.2 Å². The van der Waals surface area contributed by atoms with Crippen LogP contribution in [0.3, 0.4) is 0 Å². The van der Waals surface area contributed by atoms with Crippen molar-refractivity contribution in [1.29, 1.82) is 0 Å². The van der Waals surface area contributed by atoms with Gasteiger partial charge in [0.2, 0.25) is 5.91 Å². The summed E-state index contributed by atoms with van der Waals surface area (Å²) in [6.45, 7) is -0.112. The molecule has 0 aliphatic carbocycles. The number of ether oxygens (including phenoxy) is 2. The third-order valence-electron chi connectivity index (χ3n) is 5.21. The molecule has 1 heterocycles. The lowest BCUT2D eigenvalue weighted by Crippen LogP contribution is -2.39. The molecule has 4 rings (SSSR count). The predicted molar refractivity (Wildman–Crippen MR) is 119 cm³/mol. The number of fused-ring (bicyclic) bond motifs is 1. The van der Waals surface area contributed by atoms with Crippen molar-refractivity contribution in [2.45, 2.75) is 6.04 Å². The first-order valence-corrected chi connectivity index (χ1v) is 10.1. The summed E-state index contributed by atoms with van der Waals surface area (Å²) in [5.41, 5.74) is 2.64. The van der Waals surface area contributed by atoms with Gasteiger partial charge >= 0.3 is 0 Å². The van der Waals surface area contributed by atoms with Crippen LogP contribution >= 0.6 is 11.6 Å². The zero-order valence-corrected chi connectivity index (χ0v) is 17.8. The molecule has 1 aliphatic heterocycles. The monoisotopic (exact) mass is 436 g/mol. The van der Waals surface area contributed by atoms with Crippen molar-refractivity contribution in [2.24, 2.45) is 0 Å². The molecule has 0 saturated carbocycles. The molecule has 7 heteroatoms. The van der Waals surface area contributed by atoms with E-state index in [2.05, 4.69) is 5.32 Å². The minimum atomic E-state index is -0.505. The molecule has 1 N–H and O–H groups in total. The molecule has 2 amide bonds. The Morgan fingerprint density at radius 3 is 2.45 bits per heavy atom. The van der Waals surface area contributed by atoms with Gasteiger partial charge in [-0.1, -0.05) is 41.9 Å². The van der Waals surface area contributed by atoms with E-state index in [4.69, 9.17) is 21.1 Å². The van der Waals surface area contributed by atoms with Crippen molar-refractivity contribution in [2.75, 3.05) is 26.1 Å². The smallest absolute Gasteiger partial charge is 0.255 e. The van der Waals surface area contributed by atoms with Crippen LogP contribution in [0.1, 0.15) is 27.5 Å². The van der Waals surface area contributed by atoms with E-state index in [-0.39, 0.29) is 18.4 Å². The number of halogens is 1. The van der Waals surface area contributed by atoms with Gasteiger partial charge in [0.25, 0.3) is 5.91 Å². The van der Waals surface area contributed by atoms with Crippen LogP contribution in [-0.2, 0) is 4.79 Å². The van der Waals surface area contributed by atoms with Crippen molar-refractivity contribution in [3.63, 3.8) is 0 Å². The van der Waals surface area contributed by atoms with Crippen LogP contribution in [0.25, 0.3) is 0 Å². The zero-order valence-electron chi connectivity index (χ0n) is 17.1. The van der Waals surface area contributed by atoms with Crippen LogP contribution in [0.15, 0.2) is 66.7 Å². The number of hydrogen-bond acceptors (Lipinski definition) is 4. The van der Waals surface area contributed by atoms with Crippen LogP contribution in [0.2, 0.25) is 5.02 Å². The van der Waals surface area contributed by atoms with E-state index in [9.17, 15) is 9.59 Å². The second kappa shape index (κ2) is 8.70. The molecule has 0 spiro atoms. The maximum atomic E-state index is 13.7. The Labute approximate surface area is 185 Å². The summed E-state index contributed by atoms with van der Waals surface area (Å²) in [6, 6.07) is 19.3. The van der Waals surface area contributed by atoms with Crippen LogP contribution < -0.4 is 14.8 Å². The third kappa shape index (κ3) is 4.07. The van der Waals surface area contributed by atoms with Gasteiger partial charge in [-0.15, -0.1) is 0 Å². The third-order valence-corrected chi connectivity index (χ3v) is 5.45. The van der Waals surface area contributed by atoms with E-state index in [1.807, 2.05) is 30.3 Å². The topological polar surface area (TPSA) is 67.9 Å². The number of carbonyl (C=O) groups excluding carboxylic acids is 2. The average molecular weight is 437 g/mol. The molecule has 1 aliphatic rings. The summed E-state index contributed by atoms with van der Waals surface area (Å²) < 4.78 is 10.6. The fourth-order valence-electron chi connectivity index (χ4n) is 3.80.